The predicted octanol–water partition coefficient (Wildman–Crippen LogP) is 3.46. The number of aryl methyl sites for hydroxylation is 1. The van der Waals surface area contributed by atoms with Crippen molar-refractivity contribution in [2.45, 2.75) is 42.2 Å². The van der Waals surface area contributed by atoms with Crippen molar-refractivity contribution in [3.8, 4) is 0 Å². The summed E-state index contributed by atoms with van der Waals surface area (Å²) in [5.74, 6) is -0.306. The number of anilines is 1. The maximum atomic E-state index is 14.6. The normalized spacial score (nSPS) is 24.0. The van der Waals surface area contributed by atoms with Gasteiger partial charge in [-0.05, 0) is 43.4 Å². The number of benzene rings is 1. The molecule has 4 rings (SSSR count). The average Bonchev–Trinajstić information content (AvgIpc) is 3.19. The van der Waals surface area contributed by atoms with Gasteiger partial charge in [0.2, 0.25) is 0 Å². The van der Waals surface area contributed by atoms with Crippen LogP contribution >= 0.6 is 15.9 Å². The maximum absolute atomic E-state index is 14.6. The van der Waals surface area contributed by atoms with Gasteiger partial charge >= 0.3 is 0 Å². The van der Waals surface area contributed by atoms with Crippen LogP contribution in [0.4, 0.5) is 10.1 Å². The molecule has 0 bridgehead atoms. The molecule has 1 aromatic carbocycles. The second-order valence-electron chi connectivity index (χ2n) is 7.50. The van der Waals surface area contributed by atoms with Crippen LogP contribution in [0.2, 0.25) is 0 Å². The zero-order valence-electron chi connectivity index (χ0n) is 15.5. The lowest BCUT2D eigenvalue weighted by molar-refractivity contribution is 0.344. The first-order chi connectivity index (χ1) is 13.2. The summed E-state index contributed by atoms with van der Waals surface area (Å²) in [6, 6.07) is 3.38. The number of hydrogen-bond donors (Lipinski definition) is 2. The van der Waals surface area contributed by atoms with E-state index >= 15 is 0 Å². The van der Waals surface area contributed by atoms with Crippen LogP contribution in [0.3, 0.4) is 0 Å². The molecule has 2 unspecified atom stereocenters. The SMILES string of the molecule is C=C1CCCC2Nc3c(F)cc(Br)cc3C12CCNS(=O)(=O)c1cn(C)cn1. The summed E-state index contributed by atoms with van der Waals surface area (Å²) in [5.41, 5.74) is 1.88. The largest absolute Gasteiger partial charge is 0.378 e. The minimum absolute atomic E-state index is 0.00639. The van der Waals surface area contributed by atoms with Crippen molar-refractivity contribution in [3.05, 3.63) is 52.7 Å². The number of aromatic nitrogens is 2. The van der Waals surface area contributed by atoms with Gasteiger partial charge in [-0.25, -0.2) is 22.5 Å². The Morgan fingerprint density at radius 1 is 1.50 bits per heavy atom. The molecule has 0 saturated heterocycles. The fourth-order valence-corrected chi connectivity index (χ4v) is 5.96. The maximum Gasteiger partial charge on any atom is 0.259 e. The number of halogens is 2. The molecule has 9 heteroatoms. The minimum atomic E-state index is -3.70. The smallest absolute Gasteiger partial charge is 0.259 e. The zero-order valence-corrected chi connectivity index (χ0v) is 17.9. The van der Waals surface area contributed by atoms with Crippen LogP contribution in [-0.2, 0) is 22.5 Å². The van der Waals surface area contributed by atoms with E-state index in [9.17, 15) is 12.8 Å². The molecule has 0 spiro atoms. The van der Waals surface area contributed by atoms with Gasteiger partial charge in [0.05, 0.1) is 12.0 Å². The first-order valence-corrected chi connectivity index (χ1v) is 11.4. The quantitative estimate of drug-likeness (QED) is 0.658. The fourth-order valence-electron chi connectivity index (χ4n) is 4.53. The monoisotopic (exact) mass is 468 g/mol. The molecule has 6 nitrogen and oxygen atoms in total. The van der Waals surface area contributed by atoms with E-state index in [2.05, 4.69) is 37.5 Å². The van der Waals surface area contributed by atoms with Crippen LogP contribution in [-0.4, -0.2) is 30.6 Å². The van der Waals surface area contributed by atoms with Gasteiger partial charge in [0.15, 0.2) is 5.03 Å². The molecule has 28 heavy (non-hydrogen) atoms. The molecule has 1 aliphatic carbocycles. The van der Waals surface area contributed by atoms with E-state index in [1.54, 1.807) is 11.6 Å². The number of fused-ring (bicyclic) bond motifs is 3. The van der Waals surface area contributed by atoms with Crippen LogP contribution < -0.4 is 10.0 Å². The van der Waals surface area contributed by atoms with E-state index in [1.807, 2.05) is 6.07 Å². The number of hydrogen-bond acceptors (Lipinski definition) is 4. The van der Waals surface area contributed by atoms with E-state index in [1.165, 1.54) is 18.6 Å². The summed E-state index contributed by atoms with van der Waals surface area (Å²) in [5, 5.41) is 3.33. The van der Waals surface area contributed by atoms with Crippen LogP contribution in [0.1, 0.15) is 31.2 Å². The van der Waals surface area contributed by atoms with Crippen molar-refractivity contribution in [2.75, 3.05) is 11.9 Å². The Labute approximate surface area is 172 Å². The number of nitrogens with zero attached hydrogens (tertiary/aromatic N) is 2. The lowest BCUT2D eigenvalue weighted by Gasteiger charge is -2.42. The lowest BCUT2D eigenvalue weighted by atomic mass is 9.63. The van der Waals surface area contributed by atoms with Gasteiger partial charge in [-0.1, -0.05) is 28.1 Å². The van der Waals surface area contributed by atoms with E-state index in [4.69, 9.17) is 0 Å². The van der Waals surface area contributed by atoms with Crippen LogP contribution in [0.25, 0.3) is 0 Å². The molecule has 2 heterocycles. The summed E-state index contributed by atoms with van der Waals surface area (Å²) in [6.07, 6.45) is 6.12. The summed E-state index contributed by atoms with van der Waals surface area (Å²) in [7, 11) is -1.98. The van der Waals surface area contributed by atoms with Crippen LogP contribution in [0.5, 0.6) is 0 Å². The molecule has 2 atom stereocenters. The van der Waals surface area contributed by atoms with Gasteiger partial charge in [-0.3, -0.25) is 0 Å². The molecule has 1 aromatic heterocycles. The van der Waals surface area contributed by atoms with Crippen LogP contribution in [0, 0.1) is 5.82 Å². The van der Waals surface area contributed by atoms with Gasteiger partial charge in [0, 0.05) is 35.7 Å². The Morgan fingerprint density at radius 2 is 2.29 bits per heavy atom. The lowest BCUT2D eigenvalue weighted by Crippen LogP contribution is -2.45. The van der Waals surface area contributed by atoms with Crippen molar-refractivity contribution in [3.63, 3.8) is 0 Å². The third-order valence-electron chi connectivity index (χ3n) is 5.82. The second kappa shape index (κ2) is 6.96. The number of sulfonamides is 1. The summed E-state index contributed by atoms with van der Waals surface area (Å²) >= 11 is 3.39. The van der Waals surface area contributed by atoms with E-state index in [0.717, 1.165) is 30.4 Å². The predicted molar refractivity (Wildman–Crippen MR) is 109 cm³/mol. The molecule has 1 fully saturated rings. The van der Waals surface area contributed by atoms with Gasteiger partial charge in [0.1, 0.15) is 5.82 Å². The molecule has 2 aromatic rings. The Hall–Kier alpha value is -1.71. The second-order valence-corrected chi connectivity index (χ2v) is 10.1. The molecule has 2 N–H and O–H groups in total. The van der Waals surface area contributed by atoms with Gasteiger partial charge in [-0.2, -0.15) is 0 Å². The highest BCUT2D eigenvalue weighted by atomic mass is 79.9. The van der Waals surface area contributed by atoms with Gasteiger partial charge < -0.3 is 9.88 Å². The Balaban J connectivity index is 1.64. The fraction of sp³-hybridized carbons (Fsp3) is 0.421. The highest BCUT2D eigenvalue weighted by Crippen LogP contribution is 2.54. The van der Waals surface area contributed by atoms with Crippen LogP contribution in [0.15, 0.2) is 46.3 Å². The summed E-state index contributed by atoms with van der Waals surface area (Å²) in [6.45, 7) is 4.51. The molecule has 2 aliphatic rings. The first kappa shape index (κ1) is 19.6. The van der Waals surface area contributed by atoms with Crippen molar-refractivity contribution < 1.29 is 12.8 Å². The van der Waals surface area contributed by atoms with Crippen molar-refractivity contribution >= 4 is 31.6 Å². The average molecular weight is 469 g/mol. The minimum Gasteiger partial charge on any atom is -0.378 e. The summed E-state index contributed by atoms with van der Waals surface area (Å²) < 4.78 is 44.5. The molecule has 150 valence electrons. The Morgan fingerprint density at radius 3 is 3.00 bits per heavy atom. The molecule has 1 saturated carbocycles. The van der Waals surface area contributed by atoms with Crippen molar-refractivity contribution in [1.82, 2.24) is 14.3 Å². The van der Waals surface area contributed by atoms with Gasteiger partial charge in [-0.15, -0.1) is 0 Å². The first-order valence-electron chi connectivity index (χ1n) is 9.16. The molecule has 1 aliphatic heterocycles. The Kier molecular flexibility index (Phi) is 4.87. The van der Waals surface area contributed by atoms with Crippen molar-refractivity contribution in [1.29, 1.82) is 0 Å². The highest BCUT2D eigenvalue weighted by Gasteiger charge is 2.51. The molecular weight excluding hydrogens is 447 g/mol. The molecular formula is C19H22BrFN4O2S. The number of imidazole rings is 1. The van der Waals surface area contributed by atoms with E-state index < -0.39 is 15.4 Å². The molecule has 0 radical (unpaired) electrons. The third-order valence-corrected chi connectivity index (χ3v) is 7.62. The zero-order chi connectivity index (χ0) is 20.1. The van der Waals surface area contributed by atoms with E-state index in [0.29, 0.717) is 16.6 Å². The standard InChI is InChI=1S/C19H22BrFN4O2S/c1-12-4-3-5-16-19(12,14-8-13(20)9-15(21)18(14)24-16)6-7-23-28(26,27)17-10-25(2)11-22-17/h8-11,16,23-24H,1,3-7H2,2H3. The van der Waals surface area contributed by atoms with Gasteiger partial charge in [0.25, 0.3) is 10.0 Å². The summed E-state index contributed by atoms with van der Waals surface area (Å²) in [4.78, 5) is 3.92. The Bertz CT molecular complexity index is 1050. The van der Waals surface area contributed by atoms with Crippen molar-refractivity contribution in [2.24, 2.45) is 7.05 Å². The highest BCUT2D eigenvalue weighted by molar-refractivity contribution is 9.10. The number of rotatable bonds is 5. The number of nitrogens with one attached hydrogen (secondary N) is 2. The topological polar surface area (TPSA) is 76.0 Å². The molecule has 0 amide bonds. The van der Waals surface area contributed by atoms with E-state index in [-0.39, 0.29) is 23.4 Å². The third kappa shape index (κ3) is 3.09.